The SMILES string of the molecule is CC(C)N(CC(=O)O)C(=O)CN1C(=O)COc2ccc([N+](=O)[O-])cc21. The number of carbonyl (C=O) groups is 3. The highest BCUT2D eigenvalue weighted by molar-refractivity contribution is 6.02. The summed E-state index contributed by atoms with van der Waals surface area (Å²) in [6.07, 6.45) is 0. The molecule has 0 saturated heterocycles. The molecule has 134 valence electrons. The van der Waals surface area contributed by atoms with Gasteiger partial charge in [-0.25, -0.2) is 0 Å². The minimum Gasteiger partial charge on any atom is -0.482 e. The number of ether oxygens (including phenoxy) is 1. The van der Waals surface area contributed by atoms with Crippen LogP contribution in [0.3, 0.4) is 0 Å². The first-order valence-corrected chi connectivity index (χ1v) is 7.43. The van der Waals surface area contributed by atoms with E-state index in [0.717, 1.165) is 15.9 Å². The molecule has 0 spiro atoms. The van der Waals surface area contributed by atoms with Crippen LogP contribution in [-0.2, 0) is 14.4 Å². The van der Waals surface area contributed by atoms with Crippen molar-refractivity contribution >= 4 is 29.2 Å². The van der Waals surface area contributed by atoms with Gasteiger partial charge in [0.15, 0.2) is 6.61 Å². The summed E-state index contributed by atoms with van der Waals surface area (Å²) in [4.78, 5) is 48.0. The molecule has 1 aliphatic rings. The number of anilines is 1. The maximum atomic E-state index is 12.5. The van der Waals surface area contributed by atoms with Gasteiger partial charge in [-0.15, -0.1) is 0 Å². The molecule has 0 radical (unpaired) electrons. The number of aliphatic carboxylic acids is 1. The summed E-state index contributed by atoms with van der Waals surface area (Å²) >= 11 is 0. The number of fused-ring (bicyclic) bond motifs is 1. The van der Waals surface area contributed by atoms with Crippen LogP contribution in [-0.4, -0.2) is 58.5 Å². The smallest absolute Gasteiger partial charge is 0.323 e. The van der Waals surface area contributed by atoms with Crippen LogP contribution in [0.25, 0.3) is 0 Å². The summed E-state index contributed by atoms with van der Waals surface area (Å²) in [5, 5.41) is 19.9. The number of benzene rings is 1. The van der Waals surface area contributed by atoms with Gasteiger partial charge in [-0.3, -0.25) is 29.4 Å². The van der Waals surface area contributed by atoms with Crippen molar-refractivity contribution in [2.75, 3.05) is 24.6 Å². The van der Waals surface area contributed by atoms with Gasteiger partial charge >= 0.3 is 5.97 Å². The predicted molar refractivity (Wildman–Crippen MR) is 85.4 cm³/mol. The minimum atomic E-state index is -1.17. The average molecular weight is 351 g/mol. The number of hydrogen-bond donors (Lipinski definition) is 1. The van der Waals surface area contributed by atoms with Crippen LogP contribution in [0.5, 0.6) is 5.75 Å². The van der Waals surface area contributed by atoms with E-state index in [9.17, 15) is 24.5 Å². The molecule has 0 atom stereocenters. The van der Waals surface area contributed by atoms with Gasteiger partial charge in [0.2, 0.25) is 5.91 Å². The van der Waals surface area contributed by atoms with E-state index >= 15 is 0 Å². The fourth-order valence-corrected chi connectivity index (χ4v) is 2.41. The molecular weight excluding hydrogens is 334 g/mol. The molecule has 25 heavy (non-hydrogen) atoms. The van der Waals surface area contributed by atoms with Crippen molar-refractivity contribution in [3.05, 3.63) is 28.3 Å². The minimum absolute atomic E-state index is 0.109. The third-order valence-electron chi connectivity index (χ3n) is 3.64. The summed E-state index contributed by atoms with van der Waals surface area (Å²) < 4.78 is 5.22. The molecule has 1 aromatic rings. The Balaban J connectivity index is 2.31. The van der Waals surface area contributed by atoms with E-state index in [1.54, 1.807) is 13.8 Å². The summed E-state index contributed by atoms with van der Waals surface area (Å²) in [5.74, 6) is -2.05. The monoisotopic (exact) mass is 351 g/mol. The van der Waals surface area contributed by atoms with Crippen molar-refractivity contribution in [2.45, 2.75) is 19.9 Å². The fourth-order valence-electron chi connectivity index (χ4n) is 2.41. The molecule has 10 heteroatoms. The maximum Gasteiger partial charge on any atom is 0.323 e. The van der Waals surface area contributed by atoms with E-state index < -0.39 is 35.8 Å². The number of hydrogen-bond acceptors (Lipinski definition) is 6. The summed E-state index contributed by atoms with van der Waals surface area (Å²) in [7, 11) is 0. The number of nitro benzene ring substituents is 1. The highest BCUT2D eigenvalue weighted by Gasteiger charge is 2.31. The molecule has 0 fully saturated rings. The van der Waals surface area contributed by atoms with Crippen molar-refractivity contribution in [1.29, 1.82) is 0 Å². The van der Waals surface area contributed by atoms with Gasteiger partial charge < -0.3 is 14.7 Å². The molecule has 1 heterocycles. The predicted octanol–water partition coefficient (Wildman–Crippen LogP) is 0.642. The second-order valence-corrected chi connectivity index (χ2v) is 5.69. The van der Waals surface area contributed by atoms with Gasteiger partial charge in [-0.2, -0.15) is 0 Å². The average Bonchev–Trinajstić information content (AvgIpc) is 2.54. The molecule has 1 N–H and O–H groups in total. The molecule has 0 saturated carbocycles. The third kappa shape index (κ3) is 4.03. The zero-order valence-corrected chi connectivity index (χ0v) is 13.7. The molecule has 0 aliphatic carbocycles. The number of carboxylic acid groups (broad SMARTS) is 1. The Labute approximate surface area is 142 Å². The Morgan fingerprint density at radius 1 is 1.44 bits per heavy atom. The third-order valence-corrected chi connectivity index (χ3v) is 3.64. The standard InChI is InChI=1S/C15H17N3O7/c1-9(2)16(7-15(21)22)13(19)6-17-11-5-10(18(23)24)3-4-12(11)25-8-14(17)20/h3-5,9H,6-8H2,1-2H3,(H,21,22). The molecule has 2 amide bonds. The number of carboxylic acids is 1. The summed E-state index contributed by atoms with van der Waals surface area (Å²) in [5.41, 5.74) is -0.140. The van der Waals surface area contributed by atoms with Gasteiger partial charge in [0.25, 0.3) is 11.6 Å². The Bertz CT molecular complexity index is 732. The highest BCUT2D eigenvalue weighted by Crippen LogP contribution is 2.35. The van der Waals surface area contributed by atoms with E-state index in [-0.39, 0.29) is 29.8 Å². The van der Waals surface area contributed by atoms with E-state index in [1.165, 1.54) is 12.1 Å². The number of rotatable bonds is 6. The first-order valence-electron chi connectivity index (χ1n) is 7.43. The van der Waals surface area contributed by atoms with E-state index in [4.69, 9.17) is 9.84 Å². The number of nitrogens with zero attached hydrogens (tertiary/aromatic N) is 3. The molecule has 1 aromatic carbocycles. The molecule has 1 aliphatic heterocycles. The lowest BCUT2D eigenvalue weighted by molar-refractivity contribution is -0.384. The van der Waals surface area contributed by atoms with Gasteiger partial charge in [-0.1, -0.05) is 0 Å². The van der Waals surface area contributed by atoms with Gasteiger partial charge in [-0.05, 0) is 19.9 Å². The van der Waals surface area contributed by atoms with Crippen molar-refractivity contribution in [3.8, 4) is 5.75 Å². The van der Waals surface area contributed by atoms with Crippen molar-refractivity contribution < 1.29 is 29.2 Å². The lowest BCUT2D eigenvalue weighted by Gasteiger charge is -2.32. The first-order chi connectivity index (χ1) is 11.7. The second kappa shape index (κ2) is 7.16. The number of non-ortho nitro benzene ring substituents is 1. The van der Waals surface area contributed by atoms with Crippen LogP contribution < -0.4 is 9.64 Å². The molecular formula is C15H17N3O7. The van der Waals surface area contributed by atoms with E-state index in [2.05, 4.69) is 0 Å². The maximum absolute atomic E-state index is 12.5. The van der Waals surface area contributed by atoms with Crippen LogP contribution in [0.1, 0.15) is 13.8 Å². The van der Waals surface area contributed by atoms with Crippen LogP contribution in [0.2, 0.25) is 0 Å². The largest absolute Gasteiger partial charge is 0.482 e. The van der Waals surface area contributed by atoms with Crippen LogP contribution in [0, 0.1) is 10.1 Å². The molecule has 0 aromatic heterocycles. The topological polar surface area (TPSA) is 130 Å². The Hall–Kier alpha value is -3.17. The van der Waals surface area contributed by atoms with Crippen molar-refractivity contribution in [1.82, 2.24) is 4.90 Å². The van der Waals surface area contributed by atoms with Crippen molar-refractivity contribution in [2.24, 2.45) is 0 Å². The van der Waals surface area contributed by atoms with Gasteiger partial charge in [0.1, 0.15) is 18.8 Å². The van der Waals surface area contributed by atoms with Crippen LogP contribution in [0.15, 0.2) is 18.2 Å². The Morgan fingerprint density at radius 3 is 2.68 bits per heavy atom. The van der Waals surface area contributed by atoms with Crippen LogP contribution in [0.4, 0.5) is 11.4 Å². The fraction of sp³-hybridized carbons (Fsp3) is 0.400. The molecule has 0 bridgehead atoms. The quantitative estimate of drug-likeness (QED) is 0.588. The first kappa shape index (κ1) is 18.2. The normalized spacial score (nSPS) is 13.2. The molecule has 0 unspecified atom stereocenters. The van der Waals surface area contributed by atoms with Gasteiger partial charge in [0, 0.05) is 18.2 Å². The zero-order valence-electron chi connectivity index (χ0n) is 13.7. The van der Waals surface area contributed by atoms with Crippen LogP contribution >= 0.6 is 0 Å². The van der Waals surface area contributed by atoms with Gasteiger partial charge in [0.05, 0.1) is 10.6 Å². The number of amides is 2. The second-order valence-electron chi connectivity index (χ2n) is 5.69. The summed E-state index contributed by atoms with van der Waals surface area (Å²) in [6.45, 7) is 2.07. The number of nitro groups is 1. The Morgan fingerprint density at radius 2 is 2.12 bits per heavy atom. The van der Waals surface area contributed by atoms with Crippen molar-refractivity contribution in [3.63, 3.8) is 0 Å². The Kier molecular flexibility index (Phi) is 5.20. The zero-order chi connectivity index (χ0) is 18.7. The van der Waals surface area contributed by atoms with E-state index in [0.29, 0.717) is 0 Å². The lowest BCUT2D eigenvalue weighted by Crippen LogP contribution is -2.49. The molecule has 2 rings (SSSR count). The number of carbonyl (C=O) groups excluding carboxylic acids is 2. The highest BCUT2D eigenvalue weighted by atomic mass is 16.6. The lowest BCUT2D eigenvalue weighted by atomic mass is 10.2. The molecule has 10 nitrogen and oxygen atoms in total. The van der Waals surface area contributed by atoms with E-state index in [1.807, 2.05) is 0 Å². The summed E-state index contributed by atoms with van der Waals surface area (Å²) in [6, 6.07) is 3.36.